The molecule has 1 aromatic heterocycles. The van der Waals surface area contributed by atoms with Crippen LogP contribution in [-0.4, -0.2) is 23.5 Å². The van der Waals surface area contributed by atoms with Crippen molar-refractivity contribution >= 4 is 22.8 Å². The lowest BCUT2D eigenvalue weighted by molar-refractivity contribution is -0.107. The molecule has 0 atom stereocenters. The molecule has 0 aliphatic carbocycles. The van der Waals surface area contributed by atoms with E-state index in [4.69, 9.17) is 17.2 Å². The smallest absolute Gasteiger partial charge is 0.203 e. The van der Waals surface area contributed by atoms with E-state index >= 15 is 0 Å². The van der Waals surface area contributed by atoms with Crippen molar-refractivity contribution in [2.24, 2.45) is 11.5 Å². The highest BCUT2D eigenvalue weighted by molar-refractivity contribution is 7.15. The average Bonchev–Trinajstić information content (AvgIpc) is 3.10. The van der Waals surface area contributed by atoms with Crippen molar-refractivity contribution < 1.29 is 4.79 Å². The number of unbranched alkanes of at least 4 members (excludes halogenated alkanes) is 1. The van der Waals surface area contributed by atoms with E-state index in [1.54, 1.807) is 13.1 Å². The molecule has 2 aromatic rings. The van der Waals surface area contributed by atoms with Crippen LogP contribution >= 0.6 is 11.3 Å². The summed E-state index contributed by atoms with van der Waals surface area (Å²) in [6.45, 7) is 0. The molecule has 27 heavy (non-hydrogen) atoms. The van der Waals surface area contributed by atoms with Gasteiger partial charge in [-0.05, 0) is 37.0 Å². The zero-order chi connectivity index (χ0) is 19.9. The number of carbonyl (C=O) groups is 1. The number of benzene rings is 1. The van der Waals surface area contributed by atoms with E-state index in [2.05, 4.69) is 15.5 Å². The fraction of sp³-hybridized carbons (Fsp3) is 0.316. The summed E-state index contributed by atoms with van der Waals surface area (Å²) in [5.41, 5.74) is 18.8. The zero-order valence-electron chi connectivity index (χ0n) is 15.6. The summed E-state index contributed by atoms with van der Waals surface area (Å²) in [5.74, 6) is 0.599. The predicted octanol–water partition coefficient (Wildman–Crippen LogP) is 2.12. The Balaban J connectivity index is 0.000000337. The van der Waals surface area contributed by atoms with Gasteiger partial charge in [0, 0.05) is 25.6 Å². The third-order valence-corrected chi connectivity index (χ3v) is 4.33. The minimum Gasteiger partial charge on any atom is -0.402 e. The largest absolute Gasteiger partial charge is 0.402 e. The number of nitrogens with zero attached hydrogens (tertiary/aromatic N) is 2. The van der Waals surface area contributed by atoms with Gasteiger partial charge in [0.25, 0.3) is 0 Å². The Morgan fingerprint density at radius 2 is 1.89 bits per heavy atom. The van der Waals surface area contributed by atoms with Gasteiger partial charge in [0.1, 0.15) is 11.3 Å². The quantitative estimate of drug-likeness (QED) is 0.294. The van der Waals surface area contributed by atoms with Gasteiger partial charge >= 0.3 is 0 Å². The number of hydrogen-bond donors (Lipinski definition) is 4. The molecule has 1 heterocycles. The molecule has 0 spiro atoms. The molecule has 0 aliphatic heterocycles. The molecular weight excluding hydrogens is 360 g/mol. The van der Waals surface area contributed by atoms with Crippen LogP contribution in [0.4, 0.5) is 5.13 Å². The SMILES string of the molecule is CN/C(N)=C/C=C(\N)CCCCc1nnc(N)s1.O=CCc1ccccc1. The maximum atomic E-state index is 9.97. The molecule has 146 valence electrons. The number of aryl methyl sites for hydroxylation is 1. The van der Waals surface area contributed by atoms with E-state index < -0.39 is 0 Å². The molecule has 2 rings (SSSR count). The Labute approximate surface area is 164 Å². The second-order valence-electron chi connectivity index (χ2n) is 5.71. The van der Waals surface area contributed by atoms with E-state index in [0.29, 0.717) is 17.4 Å². The third-order valence-electron chi connectivity index (χ3n) is 3.52. The van der Waals surface area contributed by atoms with Crippen LogP contribution in [0.2, 0.25) is 0 Å². The van der Waals surface area contributed by atoms with Crippen molar-refractivity contribution in [3.8, 4) is 0 Å². The van der Waals surface area contributed by atoms with Gasteiger partial charge in [-0.25, -0.2) is 0 Å². The number of rotatable bonds is 9. The maximum Gasteiger partial charge on any atom is 0.203 e. The predicted molar refractivity (Wildman–Crippen MR) is 112 cm³/mol. The Hall–Kier alpha value is -2.87. The first kappa shape index (κ1) is 22.2. The van der Waals surface area contributed by atoms with Crippen molar-refractivity contribution in [2.45, 2.75) is 32.1 Å². The minimum absolute atomic E-state index is 0.525. The van der Waals surface area contributed by atoms with Crippen molar-refractivity contribution in [1.82, 2.24) is 15.5 Å². The van der Waals surface area contributed by atoms with E-state index in [1.807, 2.05) is 36.4 Å². The Bertz CT molecular complexity index is 727. The number of aldehydes is 1. The van der Waals surface area contributed by atoms with Crippen molar-refractivity contribution in [3.63, 3.8) is 0 Å². The summed E-state index contributed by atoms with van der Waals surface area (Å²) in [7, 11) is 1.77. The third kappa shape index (κ3) is 10.7. The van der Waals surface area contributed by atoms with Crippen molar-refractivity contribution in [2.75, 3.05) is 12.8 Å². The van der Waals surface area contributed by atoms with Gasteiger partial charge in [-0.15, -0.1) is 10.2 Å². The highest BCUT2D eigenvalue weighted by Crippen LogP contribution is 2.14. The van der Waals surface area contributed by atoms with Gasteiger partial charge in [0.05, 0.1) is 5.82 Å². The summed E-state index contributed by atoms with van der Waals surface area (Å²) >= 11 is 1.44. The number of nitrogens with two attached hydrogens (primary N) is 3. The molecule has 0 bridgehead atoms. The molecule has 0 saturated heterocycles. The lowest BCUT2D eigenvalue weighted by Crippen LogP contribution is -2.14. The first-order chi connectivity index (χ1) is 13.0. The molecule has 1 aromatic carbocycles. The van der Waals surface area contributed by atoms with Crippen LogP contribution in [0.5, 0.6) is 0 Å². The van der Waals surface area contributed by atoms with Gasteiger partial charge in [-0.1, -0.05) is 41.7 Å². The number of aromatic nitrogens is 2. The summed E-state index contributed by atoms with van der Waals surface area (Å²) in [4.78, 5) is 9.97. The summed E-state index contributed by atoms with van der Waals surface area (Å²) in [5, 5.41) is 12.1. The Kier molecular flexibility index (Phi) is 11.0. The highest BCUT2D eigenvalue weighted by atomic mass is 32.1. The van der Waals surface area contributed by atoms with Gasteiger partial charge < -0.3 is 27.3 Å². The number of nitrogens with one attached hydrogen (secondary N) is 1. The number of anilines is 1. The minimum atomic E-state index is 0.525. The summed E-state index contributed by atoms with van der Waals surface area (Å²) < 4.78 is 0. The molecule has 0 aliphatic rings. The fourth-order valence-corrected chi connectivity index (χ4v) is 2.70. The molecular formula is C19H28N6OS. The second-order valence-corrected chi connectivity index (χ2v) is 6.80. The molecule has 8 heteroatoms. The van der Waals surface area contributed by atoms with Crippen LogP contribution in [0.15, 0.2) is 54.0 Å². The lowest BCUT2D eigenvalue weighted by atomic mass is 10.1. The van der Waals surface area contributed by atoms with Crippen molar-refractivity contribution in [1.29, 1.82) is 0 Å². The van der Waals surface area contributed by atoms with Crippen LogP contribution in [0, 0.1) is 0 Å². The van der Waals surface area contributed by atoms with E-state index in [0.717, 1.165) is 48.2 Å². The van der Waals surface area contributed by atoms with Gasteiger partial charge in [0.2, 0.25) is 5.13 Å². The zero-order valence-corrected chi connectivity index (χ0v) is 16.4. The molecule has 7 N–H and O–H groups in total. The molecule has 0 saturated carbocycles. The van der Waals surface area contributed by atoms with Crippen LogP contribution in [0.3, 0.4) is 0 Å². The number of carbonyl (C=O) groups excluding carboxylic acids is 1. The molecule has 0 amide bonds. The second kappa shape index (κ2) is 13.3. The monoisotopic (exact) mass is 388 g/mol. The topological polar surface area (TPSA) is 133 Å². The summed E-state index contributed by atoms with van der Waals surface area (Å²) in [6, 6.07) is 9.68. The number of hydrogen-bond acceptors (Lipinski definition) is 8. The van der Waals surface area contributed by atoms with Crippen molar-refractivity contribution in [3.05, 3.63) is 64.6 Å². The standard InChI is InChI=1S/C11H20N6S.C8H8O/c1-15-9(13)7-6-8(12)4-2-3-5-10-16-17-11(14)18-10;9-7-6-8-4-2-1-3-5-8/h6-7,15H,2-5,12-13H2,1H3,(H2,14,17);1-5,7H,6H2/b8-6-,9-7+;. The molecule has 0 unspecified atom stereocenters. The Morgan fingerprint density at radius 3 is 2.48 bits per heavy atom. The van der Waals surface area contributed by atoms with Gasteiger partial charge in [-0.3, -0.25) is 0 Å². The van der Waals surface area contributed by atoms with Gasteiger partial charge in [-0.2, -0.15) is 0 Å². The van der Waals surface area contributed by atoms with E-state index in [9.17, 15) is 4.79 Å². The first-order valence-corrected chi connectivity index (χ1v) is 9.51. The van der Waals surface area contributed by atoms with E-state index in [-0.39, 0.29) is 0 Å². The van der Waals surface area contributed by atoms with Gasteiger partial charge in [0.15, 0.2) is 0 Å². The molecule has 0 fully saturated rings. The number of allylic oxidation sites excluding steroid dienone is 3. The summed E-state index contributed by atoms with van der Waals surface area (Å²) in [6.07, 6.45) is 8.81. The van der Waals surface area contributed by atoms with E-state index in [1.165, 1.54) is 11.3 Å². The van der Waals surface area contributed by atoms with Crippen LogP contribution in [0.1, 0.15) is 29.8 Å². The fourth-order valence-electron chi connectivity index (χ4n) is 2.05. The molecule has 0 radical (unpaired) electrons. The van der Waals surface area contributed by atoms with Crippen LogP contribution in [-0.2, 0) is 17.6 Å². The first-order valence-electron chi connectivity index (χ1n) is 8.70. The average molecular weight is 389 g/mol. The normalized spacial score (nSPS) is 11.4. The molecule has 7 nitrogen and oxygen atoms in total. The highest BCUT2D eigenvalue weighted by Gasteiger charge is 2.00. The number of nitrogen functional groups attached to an aromatic ring is 1. The maximum absolute atomic E-state index is 9.97. The Morgan fingerprint density at radius 1 is 1.15 bits per heavy atom. The lowest BCUT2D eigenvalue weighted by Gasteiger charge is -2.00. The van der Waals surface area contributed by atoms with Crippen LogP contribution in [0.25, 0.3) is 0 Å². The van der Waals surface area contributed by atoms with Crippen LogP contribution < -0.4 is 22.5 Å².